The standard InChI is InChI=1S/C21H26N2O4/c1-5-26-18-9-7-6-8-17(18)20(25)23-22-19(24)14-27-16-12-10-15(11-13-16)21(2,3)4/h6-13H,5,14H2,1-4H3,(H,22,24)(H,23,25). The van der Waals surface area contributed by atoms with Crippen LogP contribution in [-0.2, 0) is 10.2 Å². The van der Waals surface area contributed by atoms with Crippen molar-refractivity contribution < 1.29 is 19.1 Å². The first kappa shape index (κ1) is 20.3. The molecule has 0 radical (unpaired) electrons. The van der Waals surface area contributed by atoms with E-state index in [4.69, 9.17) is 9.47 Å². The van der Waals surface area contributed by atoms with Gasteiger partial charge in [0, 0.05) is 0 Å². The summed E-state index contributed by atoms with van der Waals surface area (Å²) in [5.74, 6) is 0.132. The molecule has 0 spiro atoms. The van der Waals surface area contributed by atoms with Gasteiger partial charge in [0.2, 0.25) is 0 Å². The number of hydrogen-bond acceptors (Lipinski definition) is 4. The molecule has 0 unspecified atom stereocenters. The smallest absolute Gasteiger partial charge is 0.276 e. The first-order valence-electron chi connectivity index (χ1n) is 8.85. The predicted molar refractivity (Wildman–Crippen MR) is 104 cm³/mol. The molecule has 27 heavy (non-hydrogen) atoms. The third kappa shape index (κ3) is 6.02. The number of hydrogen-bond donors (Lipinski definition) is 2. The molecule has 0 aliphatic rings. The van der Waals surface area contributed by atoms with Gasteiger partial charge in [-0.1, -0.05) is 45.0 Å². The fourth-order valence-electron chi connectivity index (χ4n) is 2.37. The Bertz CT molecular complexity index is 780. The van der Waals surface area contributed by atoms with E-state index in [9.17, 15) is 9.59 Å². The van der Waals surface area contributed by atoms with Crippen molar-refractivity contribution in [3.63, 3.8) is 0 Å². The molecule has 0 saturated heterocycles. The van der Waals surface area contributed by atoms with Crippen molar-refractivity contribution in [3.05, 3.63) is 59.7 Å². The number of carbonyl (C=O) groups excluding carboxylic acids is 2. The molecule has 2 amide bonds. The van der Waals surface area contributed by atoms with E-state index in [1.807, 2.05) is 31.2 Å². The zero-order valence-electron chi connectivity index (χ0n) is 16.2. The summed E-state index contributed by atoms with van der Waals surface area (Å²) >= 11 is 0. The Morgan fingerprint density at radius 3 is 2.22 bits per heavy atom. The van der Waals surface area contributed by atoms with Crippen LogP contribution < -0.4 is 20.3 Å². The van der Waals surface area contributed by atoms with Gasteiger partial charge in [0.1, 0.15) is 11.5 Å². The first-order valence-corrected chi connectivity index (χ1v) is 8.85. The monoisotopic (exact) mass is 370 g/mol. The Labute approximate surface area is 159 Å². The quantitative estimate of drug-likeness (QED) is 0.766. The average molecular weight is 370 g/mol. The Morgan fingerprint density at radius 1 is 0.926 bits per heavy atom. The van der Waals surface area contributed by atoms with Crippen molar-refractivity contribution in [2.24, 2.45) is 0 Å². The molecule has 0 atom stereocenters. The summed E-state index contributed by atoms with van der Waals surface area (Å²) < 4.78 is 10.9. The third-order valence-electron chi connectivity index (χ3n) is 3.84. The van der Waals surface area contributed by atoms with Crippen LogP contribution in [0.3, 0.4) is 0 Å². The average Bonchev–Trinajstić information content (AvgIpc) is 2.65. The van der Waals surface area contributed by atoms with Gasteiger partial charge in [0.25, 0.3) is 11.8 Å². The molecule has 0 bridgehead atoms. The second kappa shape index (κ2) is 9.07. The highest BCUT2D eigenvalue weighted by Gasteiger charge is 2.14. The zero-order chi connectivity index (χ0) is 19.9. The van der Waals surface area contributed by atoms with E-state index >= 15 is 0 Å². The van der Waals surface area contributed by atoms with Gasteiger partial charge in [-0.3, -0.25) is 20.4 Å². The lowest BCUT2D eigenvalue weighted by atomic mass is 9.87. The summed E-state index contributed by atoms with van der Waals surface area (Å²) in [6.45, 7) is 8.46. The van der Waals surface area contributed by atoms with Crippen LogP contribution in [0.5, 0.6) is 11.5 Å². The van der Waals surface area contributed by atoms with Gasteiger partial charge < -0.3 is 9.47 Å². The summed E-state index contributed by atoms with van der Waals surface area (Å²) in [7, 11) is 0. The minimum Gasteiger partial charge on any atom is -0.493 e. The largest absolute Gasteiger partial charge is 0.493 e. The number of hydrazine groups is 1. The topological polar surface area (TPSA) is 76.7 Å². The minimum atomic E-state index is -0.461. The normalized spacial score (nSPS) is 10.8. The van der Waals surface area contributed by atoms with E-state index in [2.05, 4.69) is 31.6 Å². The van der Waals surface area contributed by atoms with Crippen LogP contribution in [0, 0.1) is 0 Å². The summed E-state index contributed by atoms with van der Waals surface area (Å²) in [6, 6.07) is 14.4. The molecule has 2 N–H and O–H groups in total. The van der Waals surface area contributed by atoms with E-state index in [0.717, 1.165) is 0 Å². The number of ether oxygens (including phenoxy) is 2. The van der Waals surface area contributed by atoms with E-state index in [1.54, 1.807) is 24.3 Å². The van der Waals surface area contributed by atoms with Gasteiger partial charge in [-0.05, 0) is 42.2 Å². The third-order valence-corrected chi connectivity index (χ3v) is 3.84. The van der Waals surface area contributed by atoms with Gasteiger partial charge in [0.15, 0.2) is 6.61 Å². The molecule has 0 aliphatic carbocycles. The maximum absolute atomic E-state index is 12.2. The molecule has 6 nitrogen and oxygen atoms in total. The van der Waals surface area contributed by atoms with Gasteiger partial charge in [-0.25, -0.2) is 0 Å². The van der Waals surface area contributed by atoms with E-state index < -0.39 is 11.8 Å². The van der Waals surface area contributed by atoms with Crippen molar-refractivity contribution in [2.45, 2.75) is 33.1 Å². The van der Waals surface area contributed by atoms with Crippen molar-refractivity contribution >= 4 is 11.8 Å². The van der Waals surface area contributed by atoms with Crippen molar-refractivity contribution in [1.82, 2.24) is 10.9 Å². The molecule has 0 saturated carbocycles. The molecule has 0 aromatic heterocycles. The molecular weight excluding hydrogens is 344 g/mol. The van der Waals surface area contributed by atoms with Crippen molar-refractivity contribution in [3.8, 4) is 11.5 Å². The van der Waals surface area contributed by atoms with E-state index in [0.29, 0.717) is 23.7 Å². The lowest BCUT2D eigenvalue weighted by molar-refractivity contribution is -0.123. The Kier molecular flexibility index (Phi) is 6.82. The second-order valence-electron chi connectivity index (χ2n) is 6.99. The van der Waals surface area contributed by atoms with Crippen LogP contribution in [0.15, 0.2) is 48.5 Å². The molecule has 0 fully saturated rings. The van der Waals surface area contributed by atoms with Crippen LogP contribution in [-0.4, -0.2) is 25.0 Å². The number of nitrogens with one attached hydrogen (secondary N) is 2. The maximum atomic E-state index is 12.2. The number of amides is 2. The van der Waals surface area contributed by atoms with Crippen LogP contribution in [0.1, 0.15) is 43.6 Å². The highest BCUT2D eigenvalue weighted by Crippen LogP contribution is 2.24. The van der Waals surface area contributed by atoms with E-state index in [-0.39, 0.29) is 12.0 Å². The van der Waals surface area contributed by atoms with Crippen molar-refractivity contribution in [1.29, 1.82) is 0 Å². The maximum Gasteiger partial charge on any atom is 0.276 e. The molecule has 0 heterocycles. The van der Waals surface area contributed by atoms with Gasteiger partial charge in [-0.2, -0.15) is 0 Å². The summed E-state index contributed by atoms with van der Waals surface area (Å²) in [5, 5.41) is 0. The lowest BCUT2D eigenvalue weighted by Crippen LogP contribution is -2.43. The SMILES string of the molecule is CCOc1ccccc1C(=O)NNC(=O)COc1ccc(C(C)(C)C)cc1. The Morgan fingerprint density at radius 2 is 1.59 bits per heavy atom. The highest BCUT2D eigenvalue weighted by molar-refractivity contribution is 5.97. The molecule has 2 aromatic carbocycles. The minimum absolute atomic E-state index is 0.0535. The number of benzene rings is 2. The second-order valence-corrected chi connectivity index (χ2v) is 6.99. The molecule has 144 valence electrons. The van der Waals surface area contributed by atoms with Gasteiger partial charge >= 0.3 is 0 Å². The summed E-state index contributed by atoms with van der Waals surface area (Å²) in [5.41, 5.74) is 6.28. The number of rotatable bonds is 6. The summed E-state index contributed by atoms with van der Waals surface area (Å²) in [4.78, 5) is 24.1. The number of para-hydroxylation sites is 1. The molecule has 2 rings (SSSR count). The van der Waals surface area contributed by atoms with Gasteiger partial charge in [0.05, 0.1) is 12.2 Å². The number of carbonyl (C=O) groups is 2. The van der Waals surface area contributed by atoms with E-state index in [1.165, 1.54) is 5.56 Å². The van der Waals surface area contributed by atoms with Crippen LogP contribution in [0.2, 0.25) is 0 Å². The lowest BCUT2D eigenvalue weighted by Gasteiger charge is -2.19. The highest BCUT2D eigenvalue weighted by atomic mass is 16.5. The van der Waals surface area contributed by atoms with Crippen LogP contribution in [0.4, 0.5) is 0 Å². The molecule has 2 aromatic rings. The molecule has 0 aliphatic heterocycles. The fraction of sp³-hybridized carbons (Fsp3) is 0.333. The Balaban J connectivity index is 1.83. The van der Waals surface area contributed by atoms with Gasteiger partial charge in [-0.15, -0.1) is 0 Å². The zero-order valence-corrected chi connectivity index (χ0v) is 16.2. The van der Waals surface area contributed by atoms with Crippen LogP contribution >= 0.6 is 0 Å². The predicted octanol–water partition coefficient (Wildman–Crippen LogP) is 3.22. The molecular formula is C21H26N2O4. The van der Waals surface area contributed by atoms with Crippen molar-refractivity contribution in [2.75, 3.05) is 13.2 Å². The Hall–Kier alpha value is -3.02. The van der Waals surface area contributed by atoms with Crippen LogP contribution in [0.25, 0.3) is 0 Å². The first-order chi connectivity index (χ1) is 12.8. The summed E-state index contributed by atoms with van der Waals surface area (Å²) in [6.07, 6.45) is 0. The fourth-order valence-corrected chi connectivity index (χ4v) is 2.37. The molecule has 6 heteroatoms.